The molecule has 0 saturated carbocycles. The molecule has 1 unspecified atom stereocenters. The molecule has 0 aliphatic carbocycles. The van der Waals surface area contributed by atoms with E-state index in [1.54, 1.807) is 0 Å². The Bertz CT molecular complexity index is 1420. The molecule has 170 valence electrons. The molecule has 7 heteroatoms. The van der Waals surface area contributed by atoms with Gasteiger partial charge in [-0.05, 0) is 61.5 Å². The van der Waals surface area contributed by atoms with Gasteiger partial charge < -0.3 is 14.4 Å². The summed E-state index contributed by atoms with van der Waals surface area (Å²) in [4.78, 5) is 14.2. The Hall–Kier alpha value is -3.89. The lowest BCUT2D eigenvalue weighted by molar-refractivity contribution is 0.0587. The average Bonchev–Trinajstić information content (AvgIpc) is 2.88. The molecule has 1 atom stereocenters. The Morgan fingerprint density at radius 2 is 1.82 bits per heavy atom. The number of rotatable bonds is 3. The van der Waals surface area contributed by atoms with E-state index in [2.05, 4.69) is 39.1 Å². The van der Waals surface area contributed by atoms with Crippen molar-refractivity contribution in [1.82, 2.24) is 14.9 Å². The first-order chi connectivity index (χ1) is 16.7. The van der Waals surface area contributed by atoms with Crippen LogP contribution in [-0.4, -0.2) is 60.3 Å². The first-order valence-electron chi connectivity index (χ1n) is 11.6. The third-order valence-corrected chi connectivity index (χ3v) is 6.60. The highest BCUT2D eigenvalue weighted by Gasteiger charge is 2.27. The molecule has 0 N–H and O–H groups in total. The Kier molecular flexibility index (Phi) is 5.16. The highest BCUT2D eigenvalue weighted by atomic mass is 16.6. The molecule has 0 radical (unpaired) electrons. The molecule has 2 aliphatic heterocycles. The number of nitrogens with zero attached hydrogens (tertiary/aromatic N) is 5. The normalized spacial score (nSPS) is 18.2. The van der Waals surface area contributed by atoms with Crippen LogP contribution < -0.4 is 14.4 Å². The van der Waals surface area contributed by atoms with Crippen LogP contribution in [0.4, 0.5) is 5.82 Å². The molecule has 2 aliphatic rings. The van der Waals surface area contributed by atoms with Crippen LogP contribution in [0.15, 0.2) is 54.6 Å². The smallest absolute Gasteiger partial charge is 0.171 e. The molecule has 4 heterocycles. The molecular formula is C27H25N5O2. The maximum atomic E-state index is 9.10. The number of fused-ring (bicyclic) bond motifs is 4. The van der Waals surface area contributed by atoms with Gasteiger partial charge in [-0.1, -0.05) is 0 Å². The topological polar surface area (TPSA) is 74.5 Å². The van der Waals surface area contributed by atoms with Crippen LogP contribution >= 0.6 is 0 Å². The number of benzene rings is 2. The molecule has 0 amide bonds. The van der Waals surface area contributed by atoms with Crippen molar-refractivity contribution in [3.05, 3.63) is 65.9 Å². The summed E-state index contributed by atoms with van der Waals surface area (Å²) in [6, 6.07) is 19.9. The number of aromatic nitrogens is 2. The largest absolute Gasteiger partial charge is 0.486 e. The molecule has 6 rings (SSSR count). The number of hydrogen-bond acceptors (Lipinski definition) is 7. The molecular weight excluding hydrogens is 426 g/mol. The van der Waals surface area contributed by atoms with Gasteiger partial charge in [-0.25, -0.2) is 4.98 Å². The monoisotopic (exact) mass is 451 g/mol. The van der Waals surface area contributed by atoms with Crippen molar-refractivity contribution < 1.29 is 9.47 Å². The van der Waals surface area contributed by atoms with E-state index in [0.29, 0.717) is 12.2 Å². The Labute approximate surface area is 198 Å². The summed E-state index contributed by atoms with van der Waals surface area (Å²) in [5.74, 6) is 2.58. The van der Waals surface area contributed by atoms with E-state index in [1.807, 2.05) is 43.3 Å². The minimum Gasteiger partial charge on any atom is -0.486 e. The van der Waals surface area contributed by atoms with Crippen LogP contribution in [0.5, 0.6) is 11.5 Å². The predicted octanol–water partition coefficient (Wildman–Crippen LogP) is 3.93. The highest BCUT2D eigenvalue weighted by Crippen LogP contribution is 2.38. The second-order valence-electron chi connectivity index (χ2n) is 8.94. The first kappa shape index (κ1) is 20.7. The van der Waals surface area contributed by atoms with Crippen molar-refractivity contribution in [2.75, 3.05) is 44.2 Å². The Balaban J connectivity index is 1.11. The summed E-state index contributed by atoms with van der Waals surface area (Å²) < 4.78 is 12.5. The molecule has 1 fully saturated rings. The maximum absolute atomic E-state index is 9.10. The van der Waals surface area contributed by atoms with Gasteiger partial charge >= 0.3 is 0 Å². The third kappa shape index (κ3) is 3.87. The lowest BCUT2D eigenvalue weighted by Gasteiger charge is -2.38. The van der Waals surface area contributed by atoms with E-state index in [9.17, 15) is 0 Å². The van der Waals surface area contributed by atoms with Gasteiger partial charge in [0.2, 0.25) is 0 Å². The van der Waals surface area contributed by atoms with Crippen LogP contribution in [0.25, 0.3) is 21.8 Å². The first-order valence-corrected chi connectivity index (χ1v) is 11.6. The quantitative estimate of drug-likeness (QED) is 0.467. The van der Waals surface area contributed by atoms with Gasteiger partial charge in [-0.15, -0.1) is 0 Å². The van der Waals surface area contributed by atoms with Crippen molar-refractivity contribution in [3.8, 4) is 17.6 Å². The van der Waals surface area contributed by atoms with E-state index in [4.69, 9.17) is 19.7 Å². The molecule has 7 nitrogen and oxygen atoms in total. The summed E-state index contributed by atoms with van der Waals surface area (Å²) in [6.07, 6.45) is -0.0147. The summed E-state index contributed by atoms with van der Waals surface area (Å²) in [6.45, 7) is 7.07. The zero-order valence-electron chi connectivity index (χ0n) is 19.1. The summed E-state index contributed by atoms with van der Waals surface area (Å²) in [5.41, 5.74) is 3.50. The predicted molar refractivity (Wildman–Crippen MR) is 132 cm³/mol. The van der Waals surface area contributed by atoms with Crippen LogP contribution in [0, 0.1) is 18.3 Å². The van der Waals surface area contributed by atoms with E-state index < -0.39 is 0 Å². The number of hydrogen-bond donors (Lipinski definition) is 0. The number of anilines is 1. The number of pyridine rings is 2. The molecule has 0 spiro atoms. The lowest BCUT2D eigenvalue weighted by Crippen LogP contribution is -2.50. The van der Waals surface area contributed by atoms with Crippen LogP contribution in [0.1, 0.15) is 11.3 Å². The van der Waals surface area contributed by atoms with Crippen LogP contribution in [0.2, 0.25) is 0 Å². The summed E-state index contributed by atoms with van der Waals surface area (Å²) >= 11 is 0. The highest BCUT2D eigenvalue weighted by molar-refractivity contribution is 5.88. The van der Waals surface area contributed by atoms with E-state index in [-0.39, 0.29) is 6.10 Å². The SMILES string of the molecule is Cc1ccc2c3c(ccc2n1)OCC(CN1CCN(c2ccc4cc(C#N)ccc4n2)CC1)O3. The number of nitriles is 1. The minimum absolute atomic E-state index is 0.0147. The third-order valence-electron chi connectivity index (χ3n) is 6.60. The van der Waals surface area contributed by atoms with Gasteiger partial charge in [-0.3, -0.25) is 9.88 Å². The van der Waals surface area contributed by atoms with Gasteiger partial charge in [0.1, 0.15) is 18.5 Å². The second-order valence-corrected chi connectivity index (χ2v) is 8.94. The summed E-state index contributed by atoms with van der Waals surface area (Å²) in [7, 11) is 0. The van der Waals surface area contributed by atoms with E-state index >= 15 is 0 Å². The maximum Gasteiger partial charge on any atom is 0.171 e. The zero-order chi connectivity index (χ0) is 23.1. The van der Waals surface area contributed by atoms with Crippen molar-refractivity contribution in [2.24, 2.45) is 0 Å². The van der Waals surface area contributed by atoms with Gasteiger partial charge in [0.05, 0.1) is 22.7 Å². The van der Waals surface area contributed by atoms with Gasteiger partial charge in [0, 0.05) is 49.2 Å². The van der Waals surface area contributed by atoms with E-state index in [0.717, 1.165) is 77.5 Å². The van der Waals surface area contributed by atoms with Crippen molar-refractivity contribution in [1.29, 1.82) is 5.26 Å². The van der Waals surface area contributed by atoms with Crippen LogP contribution in [0.3, 0.4) is 0 Å². The Morgan fingerprint density at radius 3 is 2.68 bits per heavy atom. The number of piperazine rings is 1. The van der Waals surface area contributed by atoms with Crippen molar-refractivity contribution >= 4 is 27.6 Å². The van der Waals surface area contributed by atoms with E-state index in [1.165, 1.54) is 0 Å². The lowest BCUT2D eigenvalue weighted by atomic mass is 10.1. The fourth-order valence-electron chi connectivity index (χ4n) is 4.78. The number of ether oxygens (including phenoxy) is 2. The molecule has 0 bridgehead atoms. The standard InChI is InChI=1S/C27H25N5O2/c1-18-2-5-22-24(29-18)7-8-25-27(22)34-21(17-33-25)16-31-10-12-32(13-11-31)26-9-4-20-14-19(15-28)3-6-23(20)30-26/h2-9,14,21H,10-13,16-17H2,1H3. The number of aryl methyl sites for hydroxylation is 1. The van der Waals surface area contributed by atoms with Crippen LogP contribution in [-0.2, 0) is 0 Å². The fraction of sp³-hybridized carbons (Fsp3) is 0.296. The van der Waals surface area contributed by atoms with Crippen molar-refractivity contribution in [2.45, 2.75) is 13.0 Å². The second kappa shape index (κ2) is 8.47. The van der Waals surface area contributed by atoms with Gasteiger partial charge in [0.25, 0.3) is 0 Å². The van der Waals surface area contributed by atoms with Crippen molar-refractivity contribution in [3.63, 3.8) is 0 Å². The molecule has 2 aromatic heterocycles. The molecule has 4 aromatic rings. The fourth-order valence-corrected chi connectivity index (χ4v) is 4.78. The van der Waals surface area contributed by atoms with Gasteiger partial charge in [-0.2, -0.15) is 5.26 Å². The minimum atomic E-state index is -0.0147. The average molecular weight is 452 g/mol. The van der Waals surface area contributed by atoms with Gasteiger partial charge in [0.15, 0.2) is 11.5 Å². The molecule has 34 heavy (non-hydrogen) atoms. The zero-order valence-corrected chi connectivity index (χ0v) is 19.1. The molecule has 2 aromatic carbocycles. The molecule has 1 saturated heterocycles. The Morgan fingerprint density at radius 1 is 0.971 bits per heavy atom. The summed E-state index contributed by atoms with van der Waals surface area (Å²) in [5, 5.41) is 11.1.